The number of aromatic nitrogens is 1. The van der Waals surface area contributed by atoms with E-state index in [0.29, 0.717) is 6.54 Å². The third kappa shape index (κ3) is 3.70. The number of aliphatic hydroxyl groups excluding tert-OH is 1. The molecule has 6 heteroatoms. The average Bonchev–Trinajstić information content (AvgIpc) is 3.09. The normalized spacial score (nSPS) is 16.4. The van der Waals surface area contributed by atoms with Crippen LogP contribution in [0, 0.1) is 0 Å². The van der Waals surface area contributed by atoms with Crippen molar-refractivity contribution >= 4 is 39.2 Å². The summed E-state index contributed by atoms with van der Waals surface area (Å²) in [4.78, 5) is 5.68. The largest absolute Gasteiger partial charge is 0.497 e. The number of aromatic amines is 1. The molecule has 2 N–H and O–H groups in total. The molecule has 0 radical (unpaired) electrons. The Labute approximate surface area is 168 Å². The standard InChI is InChI=1S/C21H22N2O2S2/c1-25-16-8-6-14(7-9-16)13-27-21(26)23-11-20-18(10-15(23)12-24)17-4-2-3-5-19(17)22-20/h2-9,15,22,24H,10-13H2,1H3. The van der Waals surface area contributed by atoms with Gasteiger partial charge in [0.2, 0.25) is 0 Å². The highest BCUT2D eigenvalue weighted by atomic mass is 32.2. The number of hydrogen-bond donors (Lipinski definition) is 2. The Morgan fingerprint density at radius 1 is 1.26 bits per heavy atom. The van der Waals surface area contributed by atoms with Crippen molar-refractivity contribution in [3.8, 4) is 5.75 Å². The molecule has 1 atom stereocenters. The zero-order valence-corrected chi connectivity index (χ0v) is 16.8. The summed E-state index contributed by atoms with van der Waals surface area (Å²) in [6.07, 6.45) is 0.805. The number of nitrogens with one attached hydrogen (secondary N) is 1. The maximum absolute atomic E-state index is 9.95. The number of rotatable bonds is 4. The van der Waals surface area contributed by atoms with Gasteiger partial charge in [0, 0.05) is 22.3 Å². The SMILES string of the molecule is COc1ccc(CSC(=S)N2Cc3[nH]c4ccccc4c3CC2CO)cc1. The zero-order valence-electron chi connectivity index (χ0n) is 15.1. The molecule has 2 aromatic carbocycles. The molecule has 0 saturated heterocycles. The molecule has 1 aliphatic rings. The van der Waals surface area contributed by atoms with Crippen molar-refractivity contribution in [3.63, 3.8) is 0 Å². The van der Waals surface area contributed by atoms with Crippen molar-refractivity contribution in [2.45, 2.75) is 24.8 Å². The highest BCUT2D eigenvalue weighted by Gasteiger charge is 2.30. The van der Waals surface area contributed by atoms with Crippen molar-refractivity contribution < 1.29 is 9.84 Å². The number of nitrogens with zero attached hydrogens (tertiary/aromatic N) is 1. The lowest BCUT2D eigenvalue weighted by Crippen LogP contribution is -2.44. The average molecular weight is 399 g/mol. The summed E-state index contributed by atoms with van der Waals surface area (Å²) in [7, 11) is 1.67. The van der Waals surface area contributed by atoms with Crippen LogP contribution in [0.4, 0.5) is 0 Å². The van der Waals surface area contributed by atoms with Gasteiger partial charge < -0.3 is 19.7 Å². The predicted octanol–water partition coefficient (Wildman–Crippen LogP) is 4.11. The number of thioether (sulfide) groups is 1. The van der Waals surface area contributed by atoms with Crippen LogP contribution in [0.2, 0.25) is 0 Å². The van der Waals surface area contributed by atoms with E-state index in [-0.39, 0.29) is 12.6 Å². The van der Waals surface area contributed by atoms with Gasteiger partial charge in [0.15, 0.2) is 0 Å². The molecular weight excluding hydrogens is 376 g/mol. The minimum Gasteiger partial charge on any atom is -0.497 e. The number of benzene rings is 2. The van der Waals surface area contributed by atoms with E-state index in [0.717, 1.165) is 27.8 Å². The Hall–Kier alpha value is -2.02. The molecule has 0 fully saturated rings. The van der Waals surface area contributed by atoms with Crippen LogP contribution >= 0.6 is 24.0 Å². The smallest absolute Gasteiger partial charge is 0.137 e. The zero-order chi connectivity index (χ0) is 18.8. The van der Waals surface area contributed by atoms with Gasteiger partial charge in [-0.2, -0.15) is 0 Å². The van der Waals surface area contributed by atoms with Gasteiger partial charge in [-0.05, 0) is 35.7 Å². The van der Waals surface area contributed by atoms with Crippen LogP contribution in [-0.2, 0) is 18.7 Å². The summed E-state index contributed by atoms with van der Waals surface area (Å²) in [5, 5.41) is 11.2. The Balaban J connectivity index is 1.49. The monoisotopic (exact) mass is 398 g/mol. The Morgan fingerprint density at radius 3 is 2.78 bits per heavy atom. The molecule has 4 nitrogen and oxygen atoms in total. The number of hydrogen-bond acceptors (Lipinski definition) is 4. The third-order valence-corrected chi connectivity index (χ3v) is 6.62. The van der Waals surface area contributed by atoms with Gasteiger partial charge in [0.1, 0.15) is 10.1 Å². The topological polar surface area (TPSA) is 48.5 Å². The minimum absolute atomic E-state index is 0.0209. The molecule has 0 saturated carbocycles. The quantitative estimate of drug-likeness (QED) is 0.648. The fourth-order valence-electron chi connectivity index (χ4n) is 3.60. The van der Waals surface area contributed by atoms with E-state index in [4.69, 9.17) is 17.0 Å². The van der Waals surface area contributed by atoms with Crippen LogP contribution < -0.4 is 4.74 Å². The first kappa shape index (κ1) is 18.3. The second kappa shape index (κ2) is 7.92. The van der Waals surface area contributed by atoms with Gasteiger partial charge in [0.05, 0.1) is 26.3 Å². The summed E-state index contributed by atoms with van der Waals surface area (Å²) >= 11 is 7.36. The number of methoxy groups -OCH3 is 1. The molecule has 1 aliphatic heterocycles. The van der Waals surface area contributed by atoms with Crippen LogP contribution in [0.15, 0.2) is 48.5 Å². The van der Waals surface area contributed by atoms with Gasteiger partial charge in [0.25, 0.3) is 0 Å². The number of ether oxygens (including phenoxy) is 1. The van der Waals surface area contributed by atoms with Crippen LogP contribution in [-0.4, -0.2) is 39.1 Å². The number of fused-ring (bicyclic) bond motifs is 3. The fourth-order valence-corrected chi connectivity index (χ4v) is 4.85. The number of para-hydroxylation sites is 1. The van der Waals surface area contributed by atoms with Crippen LogP contribution in [0.3, 0.4) is 0 Å². The van der Waals surface area contributed by atoms with E-state index in [1.807, 2.05) is 18.2 Å². The summed E-state index contributed by atoms with van der Waals surface area (Å²) in [5.74, 6) is 1.66. The molecule has 0 amide bonds. The molecule has 1 unspecified atom stereocenters. The second-order valence-corrected chi connectivity index (χ2v) is 8.31. The first-order valence-corrected chi connectivity index (χ1v) is 10.3. The molecule has 0 aliphatic carbocycles. The van der Waals surface area contributed by atoms with Gasteiger partial charge >= 0.3 is 0 Å². The van der Waals surface area contributed by atoms with E-state index in [9.17, 15) is 5.11 Å². The second-order valence-electron chi connectivity index (χ2n) is 6.70. The van der Waals surface area contributed by atoms with E-state index >= 15 is 0 Å². The molecule has 2 heterocycles. The highest BCUT2D eigenvalue weighted by molar-refractivity contribution is 8.22. The van der Waals surface area contributed by atoms with E-state index in [2.05, 4.69) is 40.2 Å². The van der Waals surface area contributed by atoms with Gasteiger partial charge in [-0.25, -0.2) is 0 Å². The van der Waals surface area contributed by atoms with E-state index < -0.39 is 0 Å². The molecule has 4 rings (SSSR count). The fraction of sp³-hybridized carbons (Fsp3) is 0.286. The lowest BCUT2D eigenvalue weighted by atomic mass is 9.98. The minimum atomic E-state index is 0.0209. The number of thiocarbonyl (C=S) groups is 1. The molecular formula is C21H22N2O2S2. The lowest BCUT2D eigenvalue weighted by Gasteiger charge is -2.36. The lowest BCUT2D eigenvalue weighted by molar-refractivity contribution is 0.169. The van der Waals surface area contributed by atoms with E-state index in [1.165, 1.54) is 22.2 Å². The van der Waals surface area contributed by atoms with Gasteiger partial charge in [-0.15, -0.1) is 0 Å². The molecule has 0 bridgehead atoms. The van der Waals surface area contributed by atoms with Crippen molar-refractivity contribution in [3.05, 3.63) is 65.4 Å². The number of aliphatic hydroxyl groups is 1. The summed E-state index contributed by atoms with van der Waals surface area (Å²) in [6.45, 7) is 0.811. The van der Waals surface area contributed by atoms with E-state index in [1.54, 1.807) is 18.9 Å². The maximum atomic E-state index is 9.95. The first-order chi connectivity index (χ1) is 13.2. The molecule has 1 aromatic heterocycles. The Kier molecular flexibility index (Phi) is 5.38. The van der Waals surface area contributed by atoms with Gasteiger partial charge in [-0.3, -0.25) is 0 Å². The van der Waals surface area contributed by atoms with Crippen molar-refractivity contribution in [2.24, 2.45) is 0 Å². The van der Waals surface area contributed by atoms with Crippen LogP contribution in [0.25, 0.3) is 10.9 Å². The van der Waals surface area contributed by atoms with Crippen LogP contribution in [0.1, 0.15) is 16.8 Å². The van der Waals surface area contributed by atoms with Crippen LogP contribution in [0.5, 0.6) is 5.75 Å². The predicted molar refractivity (Wildman–Crippen MR) is 115 cm³/mol. The highest BCUT2D eigenvalue weighted by Crippen LogP contribution is 2.32. The maximum Gasteiger partial charge on any atom is 0.137 e. The summed E-state index contributed by atoms with van der Waals surface area (Å²) in [5.41, 5.74) is 4.86. The molecule has 3 aromatic rings. The number of H-pyrrole nitrogens is 1. The van der Waals surface area contributed by atoms with Gasteiger partial charge in [-0.1, -0.05) is 54.3 Å². The Bertz CT molecular complexity index is 952. The molecule has 140 valence electrons. The summed E-state index contributed by atoms with van der Waals surface area (Å²) in [6, 6.07) is 16.4. The summed E-state index contributed by atoms with van der Waals surface area (Å²) < 4.78 is 6.03. The Morgan fingerprint density at radius 2 is 2.04 bits per heavy atom. The van der Waals surface area contributed by atoms with Crippen molar-refractivity contribution in [1.82, 2.24) is 9.88 Å². The third-order valence-electron chi connectivity index (χ3n) is 5.08. The van der Waals surface area contributed by atoms with Crippen molar-refractivity contribution in [2.75, 3.05) is 13.7 Å². The molecule has 27 heavy (non-hydrogen) atoms. The molecule has 0 spiro atoms. The first-order valence-electron chi connectivity index (χ1n) is 8.95. The van der Waals surface area contributed by atoms with Crippen molar-refractivity contribution in [1.29, 1.82) is 0 Å².